The van der Waals surface area contributed by atoms with Gasteiger partial charge in [0.05, 0.1) is 5.56 Å². The number of fused-ring (bicyclic) bond motifs is 2. The van der Waals surface area contributed by atoms with E-state index in [-0.39, 0.29) is 5.41 Å². The molecule has 5 heteroatoms. The van der Waals surface area contributed by atoms with E-state index in [2.05, 4.69) is 68.4 Å². The number of nitrogens with zero attached hydrogens (tertiary/aromatic N) is 4. The number of nitriles is 1. The third-order valence-electron chi connectivity index (χ3n) is 7.84. The van der Waals surface area contributed by atoms with E-state index in [0.717, 1.165) is 43.8 Å². The molecule has 0 atom stereocenters. The summed E-state index contributed by atoms with van der Waals surface area (Å²) in [5.41, 5.74) is 7.46. The Kier molecular flexibility index (Phi) is 6.42. The minimum Gasteiger partial charge on any atom is -0.208 e. The van der Waals surface area contributed by atoms with Crippen LogP contribution in [-0.2, 0) is 5.41 Å². The summed E-state index contributed by atoms with van der Waals surface area (Å²) in [5.74, 6) is 1.87. The summed E-state index contributed by atoms with van der Waals surface area (Å²) >= 11 is 1.74. The molecular formula is C37H26N4S. The lowest BCUT2D eigenvalue weighted by Gasteiger charge is -2.35. The Hall–Kier alpha value is -5.05. The van der Waals surface area contributed by atoms with Crippen LogP contribution >= 0.6 is 11.8 Å². The summed E-state index contributed by atoms with van der Waals surface area (Å²) in [7, 11) is 0. The van der Waals surface area contributed by atoms with Gasteiger partial charge < -0.3 is 0 Å². The lowest BCUT2D eigenvalue weighted by Crippen LogP contribution is -2.25. The van der Waals surface area contributed by atoms with Crippen molar-refractivity contribution in [3.63, 3.8) is 0 Å². The molecule has 0 fully saturated rings. The summed E-state index contributed by atoms with van der Waals surface area (Å²) in [6.45, 7) is 4.43. The van der Waals surface area contributed by atoms with E-state index in [4.69, 9.17) is 15.0 Å². The zero-order chi connectivity index (χ0) is 28.7. The van der Waals surface area contributed by atoms with Crippen LogP contribution < -0.4 is 0 Å². The molecule has 1 aliphatic rings. The van der Waals surface area contributed by atoms with Gasteiger partial charge >= 0.3 is 0 Å². The minimum atomic E-state index is -0.287. The number of hydrogen-bond donors (Lipinski definition) is 0. The normalized spacial score (nSPS) is 13.1. The van der Waals surface area contributed by atoms with Crippen molar-refractivity contribution < 1.29 is 0 Å². The second-order valence-corrected chi connectivity index (χ2v) is 11.9. The van der Waals surface area contributed by atoms with Crippen molar-refractivity contribution in [2.45, 2.75) is 29.1 Å². The Bertz CT molecular complexity index is 1920. The van der Waals surface area contributed by atoms with Crippen molar-refractivity contribution >= 4 is 11.8 Å². The zero-order valence-corrected chi connectivity index (χ0v) is 24.1. The molecular weight excluding hydrogens is 533 g/mol. The molecule has 4 nitrogen and oxygen atoms in total. The molecule has 6 aromatic rings. The Morgan fingerprint density at radius 1 is 0.548 bits per heavy atom. The van der Waals surface area contributed by atoms with Gasteiger partial charge in [-0.05, 0) is 34.4 Å². The SMILES string of the molecule is CC1(C)c2ccccc2Sc2ccc(-c3ccc(-c4nc(-c5ccccc5)nc(-c5ccccc5)n4)cc3)c(C#N)c21. The van der Waals surface area contributed by atoms with Crippen LogP contribution in [0.3, 0.4) is 0 Å². The molecule has 2 heterocycles. The highest BCUT2D eigenvalue weighted by atomic mass is 32.2. The minimum absolute atomic E-state index is 0.287. The van der Waals surface area contributed by atoms with Gasteiger partial charge in [0.25, 0.3) is 0 Å². The first kappa shape index (κ1) is 25.9. The molecule has 200 valence electrons. The first-order chi connectivity index (χ1) is 20.5. The van der Waals surface area contributed by atoms with Crippen LogP contribution in [0.1, 0.15) is 30.5 Å². The summed E-state index contributed by atoms with van der Waals surface area (Å²) in [4.78, 5) is 16.9. The third-order valence-corrected chi connectivity index (χ3v) is 8.97. The highest BCUT2D eigenvalue weighted by Crippen LogP contribution is 2.51. The van der Waals surface area contributed by atoms with Crippen LogP contribution in [0.25, 0.3) is 45.3 Å². The molecule has 0 saturated carbocycles. The van der Waals surface area contributed by atoms with Crippen molar-refractivity contribution in [2.24, 2.45) is 0 Å². The highest BCUT2D eigenvalue weighted by molar-refractivity contribution is 7.99. The monoisotopic (exact) mass is 558 g/mol. The number of benzene rings is 5. The molecule has 0 N–H and O–H groups in total. The van der Waals surface area contributed by atoms with E-state index in [9.17, 15) is 5.26 Å². The van der Waals surface area contributed by atoms with Crippen molar-refractivity contribution in [1.29, 1.82) is 5.26 Å². The highest BCUT2D eigenvalue weighted by Gasteiger charge is 2.36. The molecule has 0 radical (unpaired) electrons. The van der Waals surface area contributed by atoms with Crippen molar-refractivity contribution in [1.82, 2.24) is 15.0 Å². The maximum absolute atomic E-state index is 10.4. The molecule has 1 aliphatic heterocycles. The molecule has 5 aromatic carbocycles. The fourth-order valence-corrected chi connectivity index (χ4v) is 7.12. The van der Waals surface area contributed by atoms with E-state index < -0.39 is 0 Å². The van der Waals surface area contributed by atoms with Crippen LogP contribution in [0.2, 0.25) is 0 Å². The van der Waals surface area contributed by atoms with Gasteiger partial charge in [0.15, 0.2) is 17.5 Å². The van der Waals surface area contributed by atoms with Gasteiger partial charge in [-0.1, -0.05) is 135 Å². The summed E-state index contributed by atoms with van der Waals surface area (Å²) in [5, 5.41) is 10.4. The van der Waals surface area contributed by atoms with E-state index in [1.165, 1.54) is 10.5 Å². The first-order valence-corrected chi connectivity index (χ1v) is 14.7. The molecule has 0 saturated heterocycles. The Balaban J connectivity index is 1.31. The summed E-state index contributed by atoms with van der Waals surface area (Å²) in [6, 6.07) is 43.4. The number of hydrogen-bond acceptors (Lipinski definition) is 5. The molecule has 7 rings (SSSR count). The van der Waals surface area contributed by atoms with Gasteiger partial charge in [-0.25, -0.2) is 15.0 Å². The average Bonchev–Trinajstić information content (AvgIpc) is 3.05. The van der Waals surface area contributed by atoms with Crippen molar-refractivity contribution in [3.05, 3.63) is 138 Å². The fourth-order valence-electron chi connectivity index (χ4n) is 5.71. The number of rotatable bonds is 4. The molecule has 0 aliphatic carbocycles. The van der Waals surface area contributed by atoms with Gasteiger partial charge in [0, 0.05) is 31.9 Å². The molecule has 0 bridgehead atoms. The predicted molar refractivity (Wildman–Crippen MR) is 169 cm³/mol. The Morgan fingerprint density at radius 2 is 1.05 bits per heavy atom. The summed E-state index contributed by atoms with van der Waals surface area (Å²) in [6.07, 6.45) is 0. The Morgan fingerprint density at radius 3 is 1.62 bits per heavy atom. The second-order valence-electron chi connectivity index (χ2n) is 10.8. The van der Waals surface area contributed by atoms with Crippen LogP contribution in [-0.4, -0.2) is 15.0 Å². The maximum atomic E-state index is 10.4. The molecule has 0 unspecified atom stereocenters. The lowest BCUT2D eigenvalue weighted by atomic mass is 9.74. The maximum Gasteiger partial charge on any atom is 0.164 e. The molecule has 0 spiro atoms. The standard InChI is InChI=1S/C37H26N4S/c1-37(2)30-15-9-10-16-31(30)42-32-22-21-28(29(23-38)33(32)37)24-17-19-27(20-18-24)36-40-34(25-11-5-3-6-12-25)39-35(41-36)26-13-7-4-8-14-26/h3-22H,1-2H3. The first-order valence-electron chi connectivity index (χ1n) is 13.9. The largest absolute Gasteiger partial charge is 0.208 e. The van der Waals surface area contributed by atoms with Crippen LogP contribution in [0.5, 0.6) is 0 Å². The van der Waals surface area contributed by atoms with Gasteiger partial charge in [-0.3, -0.25) is 0 Å². The summed E-state index contributed by atoms with van der Waals surface area (Å²) < 4.78 is 0. The van der Waals surface area contributed by atoms with Crippen molar-refractivity contribution in [2.75, 3.05) is 0 Å². The lowest BCUT2D eigenvalue weighted by molar-refractivity contribution is 0.605. The Labute approximate surface area is 249 Å². The van der Waals surface area contributed by atoms with Crippen LogP contribution in [0, 0.1) is 11.3 Å². The quantitative estimate of drug-likeness (QED) is 0.216. The van der Waals surface area contributed by atoms with E-state index >= 15 is 0 Å². The van der Waals surface area contributed by atoms with E-state index in [1.54, 1.807) is 11.8 Å². The zero-order valence-electron chi connectivity index (χ0n) is 23.2. The number of aromatic nitrogens is 3. The molecule has 0 amide bonds. The van der Waals surface area contributed by atoms with Crippen LogP contribution in [0.15, 0.2) is 131 Å². The second kappa shape index (κ2) is 10.4. The molecule has 42 heavy (non-hydrogen) atoms. The van der Waals surface area contributed by atoms with Gasteiger partial charge in [-0.15, -0.1) is 0 Å². The van der Waals surface area contributed by atoms with Gasteiger partial charge in [0.2, 0.25) is 0 Å². The van der Waals surface area contributed by atoms with E-state index in [1.807, 2.05) is 72.8 Å². The predicted octanol–water partition coefficient (Wildman–Crippen LogP) is 9.20. The third kappa shape index (κ3) is 4.47. The smallest absolute Gasteiger partial charge is 0.164 e. The van der Waals surface area contributed by atoms with E-state index in [0.29, 0.717) is 17.5 Å². The average molecular weight is 559 g/mol. The van der Waals surface area contributed by atoms with Crippen LogP contribution in [0.4, 0.5) is 0 Å². The van der Waals surface area contributed by atoms with Gasteiger partial charge in [0.1, 0.15) is 6.07 Å². The fraction of sp³-hybridized carbons (Fsp3) is 0.0811. The van der Waals surface area contributed by atoms with Gasteiger partial charge in [-0.2, -0.15) is 5.26 Å². The topological polar surface area (TPSA) is 62.5 Å². The van der Waals surface area contributed by atoms with Crippen molar-refractivity contribution in [3.8, 4) is 51.4 Å². The molecule has 1 aromatic heterocycles.